The van der Waals surface area contributed by atoms with Crippen molar-refractivity contribution in [3.63, 3.8) is 0 Å². The van der Waals surface area contributed by atoms with Gasteiger partial charge in [-0.25, -0.2) is 4.98 Å². The van der Waals surface area contributed by atoms with Crippen molar-refractivity contribution in [1.82, 2.24) is 10.3 Å². The average Bonchev–Trinajstić information content (AvgIpc) is 2.41. The summed E-state index contributed by atoms with van der Waals surface area (Å²) >= 11 is 0. The van der Waals surface area contributed by atoms with Crippen LogP contribution in [0.15, 0.2) is 24.4 Å². The molecule has 0 radical (unpaired) electrons. The third-order valence-corrected chi connectivity index (χ3v) is 4.20. The van der Waals surface area contributed by atoms with Crippen LogP contribution in [0.5, 0.6) is 0 Å². The third-order valence-electron chi connectivity index (χ3n) is 4.20. The Morgan fingerprint density at radius 2 is 2.18 bits per heavy atom. The Balaban J connectivity index is 1.75. The molecule has 0 bridgehead atoms. The molecule has 92 valence electrons. The lowest BCUT2D eigenvalue weighted by molar-refractivity contribution is 0.173. The van der Waals surface area contributed by atoms with Crippen molar-refractivity contribution in [3.8, 4) is 0 Å². The van der Waals surface area contributed by atoms with E-state index in [-0.39, 0.29) is 0 Å². The van der Waals surface area contributed by atoms with Crippen LogP contribution in [0, 0.1) is 5.41 Å². The number of hydrogen-bond acceptors (Lipinski definition) is 3. The Kier molecular flexibility index (Phi) is 3.02. The molecule has 1 spiro atoms. The number of nitrogens with zero attached hydrogens (tertiary/aromatic N) is 2. The Bertz CT molecular complexity index is 351. The summed E-state index contributed by atoms with van der Waals surface area (Å²) in [5.41, 5.74) is 0.508. The SMILES string of the molecule is c1ccc(N2CCCC3(CCCNC3)C2)nc1. The molecule has 2 fully saturated rings. The van der Waals surface area contributed by atoms with Crippen molar-refractivity contribution >= 4 is 5.82 Å². The number of anilines is 1. The van der Waals surface area contributed by atoms with Crippen LogP contribution < -0.4 is 10.2 Å². The molecule has 3 heteroatoms. The second-order valence-electron chi connectivity index (χ2n) is 5.49. The Labute approximate surface area is 103 Å². The van der Waals surface area contributed by atoms with Gasteiger partial charge in [-0.15, -0.1) is 0 Å². The van der Waals surface area contributed by atoms with E-state index >= 15 is 0 Å². The Morgan fingerprint density at radius 1 is 1.24 bits per heavy atom. The maximum Gasteiger partial charge on any atom is 0.128 e. The highest BCUT2D eigenvalue weighted by molar-refractivity contribution is 5.38. The predicted octanol–water partition coefficient (Wildman–Crippen LogP) is 2.05. The summed E-state index contributed by atoms with van der Waals surface area (Å²) < 4.78 is 0. The van der Waals surface area contributed by atoms with E-state index in [0.717, 1.165) is 5.82 Å². The highest BCUT2D eigenvalue weighted by Crippen LogP contribution is 2.36. The minimum atomic E-state index is 0.508. The van der Waals surface area contributed by atoms with E-state index in [2.05, 4.69) is 27.3 Å². The van der Waals surface area contributed by atoms with E-state index in [0.29, 0.717) is 5.41 Å². The zero-order valence-corrected chi connectivity index (χ0v) is 10.4. The second-order valence-corrected chi connectivity index (χ2v) is 5.49. The van der Waals surface area contributed by atoms with Crippen LogP contribution >= 0.6 is 0 Å². The molecule has 17 heavy (non-hydrogen) atoms. The quantitative estimate of drug-likeness (QED) is 0.802. The second kappa shape index (κ2) is 4.65. The molecular weight excluding hydrogens is 210 g/mol. The number of aromatic nitrogens is 1. The molecule has 3 nitrogen and oxygen atoms in total. The van der Waals surface area contributed by atoms with E-state index in [1.807, 2.05) is 12.3 Å². The highest BCUT2D eigenvalue weighted by Gasteiger charge is 2.36. The molecule has 2 saturated heterocycles. The van der Waals surface area contributed by atoms with E-state index in [1.165, 1.54) is 51.9 Å². The Morgan fingerprint density at radius 3 is 2.94 bits per heavy atom. The molecule has 1 aromatic heterocycles. The van der Waals surface area contributed by atoms with E-state index in [4.69, 9.17) is 0 Å². The molecule has 2 aliphatic heterocycles. The van der Waals surface area contributed by atoms with Gasteiger partial charge in [0.25, 0.3) is 0 Å². The maximum absolute atomic E-state index is 4.49. The summed E-state index contributed by atoms with van der Waals surface area (Å²) in [7, 11) is 0. The molecule has 1 N–H and O–H groups in total. The average molecular weight is 231 g/mol. The van der Waals surface area contributed by atoms with Gasteiger partial charge in [-0.2, -0.15) is 0 Å². The van der Waals surface area contributed by atoms with Crippen LogP contribution in [0.2, 0.25) is 0 Å². The number of nitrogens with one attached hydrogen (secondary N) is 1. The first-order chi connectivity index (χ1) is 8.38. The van der Waals surface area contributed by atoms with Gasteiger partial charge >= 0.3 is 0 Å². The highest BCUT2D eigenvalue weighted by atomic mass is 15.2. The fourth-order valence-corrected chi connectivity index (χ4v) is 3.32. The molecule has 3 heterocycles. The van der Waals surface area contributed by atoms with Gasteiger partial charge < -0.3 is 10.2 Å². The van der Waals surface area contributed by atoms with Gasteiger partial charge in [0, 0.05) is 31.2 Å². The van der Waals surface area contributed by atoms with E-state index in [9.17, 15) is 0 Å². The minimum absolute atomic E-state index is 0.508. The van der Waals surface area contributed by atoms with Crippen molar-refractivity contribution in [3.05, 3.63) is 24.4 Å². The lowest BCUT2D eigenvalue weighted by Crippen LogP contribution is -2.51. The largest absolute Gasteiger partial charge is 0.356 e. The smallest absolute Gasteiger partial charge is 0.128 e. The predicted molar refractivity (Wildman–Crippen MR) is 70.2 cm³/mol. The van der Waals surface area contributed by atoms with Crippen LogP contribution in [-0.2, 0) is 0 Å². The van der Waals surface area contributed by atoms with Crippen LogP contribution in [0.4, 0.5) is 5.82 Å². The Hall–Kier alpha value is -1.09. The molecule has 1 unspecified atom stereocenters. The number of pyridine rings is 1. The van der Waals surface area contributed by atoms with Crippen LogP contribution in [0.25, 0.3) is 0 Å². The molecule has 1 aromatic rings. The van der Waals surface area contributed by atoms with Gasteiger partial charge in [0.1, 0.15) is 5.82 Å². The topological polar surface area (TPSA) is 28.2 Å². The van der Waals surface area contributed by atoms with Crippen molar-refractivity contribution in [2.45, 2.75) is 25.7 Å². The fraction of sp³-hybridized carbons (Fsp3) is 0.643. The minimum Gasteiger partial charge on any atom is -0.356 e. The van der Waals surface area contributed by atoms with Gasteiger partial charge in [-0.05, 0) is 44.4 Å². The molecule has 0 aromatic carbocycles. The van der Waals surface area contributed by atoms with E-state index in [1.54, 1.807) is 0 Å². The fourth-order valence-electron chi connectivity index (χ4n) is 3.32. The normalized spacial score (nSPS) is 29.5. The maximum atomic E-state index is 4.49. The lowest BCUT2D eigenvalue weighted by atomic mass is 9.74. The summed E-state index contributed by atoms with van der Waals surface area (Å²) in [4.78, 5) is 6.95. The molecule has 2 aliphatic rings. The van der Waals surface area contributed by atoms with Crippen molar-refractivity contribution in [1.29, 1.82) is 0 Å². The first-order valence-electron chi connectivity index (χ1n) is 6.75. The van der Waals surface area contributed by atoms with Gasteiger partial charge in [0.2, 0.25) is 0 Å². The first kappa shape index (κ1) is 11.0. The standard InChI is InChI=1S/C14H21N3/c1-2-9-16-13(5-1)17-10-4-7-14(12-17)6-3-8-15-11-14/h1-2,5,9,15H,3-4,6-8,10-12H2. The van der Waals surface area contributed by atoms with Crippen molar-refractivity contribution < 1.29 is 0 Å². The number of hydrogen-bond donors (Lipinski definition) is 1. The number of piperidine rings is 2. The van der Waals surface area contributed by atoms with Crippen LogP contribution in [0.3, 0.4) is 0 Å². The first-order valence-corrected chi connectivity index (χ1v) is 6.75. The molecule has 1 atom stereocenters. The molecule has 0 aliphatic carbocycles. The van der Waals surface area contributed by atoms with Gasteiger partial charge in [-0.3, -0.25) is 0 Å². The van der Waals surface area contributed by atoms with Crippen molar-refractivity contribution in [2.75, 3.05) is 31.1 Å². The number of rotatable bonds is 1. The zero-order chi connectivity index (χ0) is 11.6. The monoisotopic (exact) mass is 231 g/mol. The molecule has 3 rings (SSSR count). The van der Waals surface area contributed by atoms with Crippen LogP contribution in [-0.4, -0.2) is 31.2 Å². The summed E-state index contributed by atoms with van der Waals surface area (Å²) in [6.45, 7) is 4.73. The molecular formula is C14H21N3. The summed E-state index contributed by atoms with van der Waals surface area (Å²) in [6, 6.07) is 6.21. The summed E-state index contributed by atoms with van der Waals surface area (Å²) in [5, 5.41) is 3.57. The molecule has 0 amide bonds. The van der Waals surface area contributed by atoms with Gasteiger partial charge in [-0.1, -0.05) is 6.07 Å². The van der Waals surface area contributed by atoms with Gasteiger partial charge in [0.05, 0.1) is 0 Å². The van der Waals surface area contributed by atoms with Crippen molar-refractivity contribution in [2.24, 2.45) is 5.41 Å². The van der Waals surface area contributed by atoms with E-state index < -0.39 is 0 Å². The summed E-state index contributed by atoms with van der Waals surface area (Å²) in [6.07, 6.45) is 7.29. The summed E-state index contributed by atoms with van der Waals surface area (Å²) in [5.74, 6) is 1.15. The van der Waals surface area contributed by atoms with Crippen LogP contribution in [0.1, 0.15) is 25.7 Å². The zero-order valence-electron chi connectivity index (χ0n) is 10.4. The van der Waals surface area contributed by atoms with Gasteiger partial charge in [0.15, 0.2) is 0 Å². The molecule has 0 saturated carbocycles. The lowest BCUT2D eigenvalue weighted by Gasteiger charge is -2.45. The third kappa shape index (κ3) is 2.29.